The molecule has 1 aliphatic heterocycles. The van der Waals surface area contributed by atoms with Crippen molar-refractivity contribution in [2.45, 2.75) is 38.5 Å². The summed E-state index contributed by atoms with van der Waals surface area (Å²) in [5, 5.41) is 0. The number of aryl methyl sites for hydroxylation is 1. The molecule has 0 saturated carbocycles. The molecule has 0 aliphatic carbocycles. The lowest BCUT2D eigenvalue weighted by atomic mass is 9.89. The van der Waals surface area contributed by atoms with Crippen LogP contribution < -0.4 is 5.73 Å². The van der Waals surface area contributed by atoms with Gasteiger partial charge in [-0.15, -0.1) is 0 Å². The fourth-order valence-corrected chi connectivity index (χ4v) is 3.18. The Morgan fingerprint density at radius 2 is 1.75 bits per heavy atom. The Morgan fingerprint density at radius 3 is 2.33 bits per heavy atom. The Hall–Kier alpha value is -1.88. The van der Waals surface area contributed by atoms with Gasteiger partial charge in [0.1, 0.15) is 0 Å². The van der Waals surface area contributed by atoms with E-state index < -0.39 is 0 Å². The first-order valence-corrected chi connectivity index (χ1v) is 8.71. The van der Waals surface area contributed by atoms with E-state index in [2.05, 4.69) is 24.3 Å². The molecule has 0 bridgehead atoms. The number of hydrogen-bond donors (Lipinski definition) is 1. The first-order chi connectivity index (χ1) is 11.6. The number of nitrogens with two attached hydrogens (primary N) is 1. The summed E-state index contributed by atoms with van der Waals surface area (Å²) in [5.74, 6) is 0.577. The Morgan fingerprint density at radius 1 is 1.12 bits per heavy atom. The lowest BCUT2D eigenvalue weighted by Gasteiger charge is -2.32. The molecule has 1 fully saturated rings. The molecule has 0 radical (unpaired) electrons. The smallest absolute Gasteiger partial charge is 0.224 e. The maximum absolute atomic E-state index is 12.0. The fraction of sp³-hybridized carbons (Fsp3) is 0.579. The number of benzene rings is 1. The number of methoxy groups -OCH3 is 1. The summed E-state index contributed by atoms with van der Waals surface area (Å²) in [4.78, 5) is 24.8. The average molecular weight is 332 g/mol. The number of piperidine rings is 1. The van der Waals surface area contributed by atoms with Crippen LogP contribution in [0.2, 0.25) is 0 Å². The molecule has 1 aromatic rings. The van der Waals surface area contributed by atoms with Crippen LogP contribution in [0.3, 0.4) is 0 Å². The highest BCUT2D eigenvalue weighted by atomic mass is 16.5. The topological polar surface area (TPSA) is 72.6 Å². The molecule has 132 valence electrons. The quantitative estimate of drug-likeness (QED) is 0.790. The van der Waals surface area contributed by atoms with Gasteiger partial charge in [-0.2, -0.15) is 0 Å². The van der Waals surface area contributed by atoms with Crippen molar-refractivity contribution in [3.63, 3.8) is 0 Å². The number of hydrogen-bond acceptors (Lipinski definition) is 3. The van der Waals surface area contributed by atoms with E-state index in [1.54, 1.807) is 7.11 Å². The second-order valence-corrected chi connectivity index (χ2v) is 6.55. The zero-order valence-corrected chi connectivity index (χ0v) is 14.5. The molecule has 24 heavy (non-hydrogen) atoms. The number of rotatable bonds is 8. The van der Waals surface area contributed by atoms with Gasteiger partial charge in [0.05, 0.1) is 13.0 Å². The molecule has 0 atom stereocenters. The zero-order valence-electron chi connectivity index (χ0n) is 14.5. The van der Waals surface area contributed by atoms with Crippen molar-refractivity contribution in [2.75, 3.05) is 26.8 Å². The third kappa shape index (κ3) is 5.96. The van der Waals surface area contributed by atoms with E-state index in [0.717, 1.165) is 37.9 Å². The van der Waals surface area contributed by atoms with E-state index in [-0.39, 0.29) is 11.8 Å². The van der Waals surface area contributed by atoms with Gasteiger partial charge in [0.15, 0.2) is 0 Å². The van der Waals surface area contributed by atoms with Crippen molar-refractivity contribution in [3.8, 4) is 0 Å². The third-order valence-electron chi connectivity index (χ3n) is 4.69. The molecule has 5 heteroatoms. The molecule has 5 nitrogen and oxygen atoms in total. The lowest BCUT2D eigenvalue weighted by molar-refractivity contribution is -0.133. The minimum Gasteiger partial charge on any atom is -0.384 e. The SMILES string of the molecule is COCCC(=O)N1CCC(Cc2ccc(CCC(N)=O)cc2)CC1. The van der Waals surface area contributed by atoms with Crippen LogP contribution >= 0.6 is 0 Å². The highest BCUT2D eigenvalue weighted by Crippen LogP contribution is 2.22. The Bertz CT molecular complexity index is 534. The van der Waals surface area contributed by atoms with E-state index in [9.17, 15) is 9.59 Å². The number of nitrogens with zero attached hydrogens (tertiary/aromatic N) is 1. The summed E-state index contributed by atoms with van der Waals surface area (Å²) < 4.78 is 4.97. The van der Waals surface area contributed by atoms with E-state index in [1.165, 1.54) is 5.56 Å². The van der Waals surface area contributed by atoms with Gasteiger partial charge in [0, 0.05) is 26.6 Å². The van der Waals surface area contributed by atoms with Crippen molar-refractivity contribution in [1.29, 1.82) is 0 Å². The Labute approximate surface area is 144 Å². The van der Waals surface area contributed by atoms with Gasteiger partial charge in [0.25, 0.3) is 0 Å². The maximum Gasteiger partial charge on any atom is 0.224 e. The van der Waals surface area contributed by atoms with Crippen molar-refractivity contribution in [1.82, 2.24) is 4.90 Å². The zero-order chi connectivity index (χ0) is 17.4. The van der Waals surface area contributed by atoms with Crippen molar-refractivity contribution >= 4 is 11.8 Å². The number of ether oxygens (including phenoxy) is 1. The normalized spacial score (nSPS) is 15.5. The summed E-state index contributed by atoms with van der Waals surface area (Å²) in [6.45, 7) is 2.20. The number of carbonyl (C=O) groups is 2. The van der Waals surface area contributed by atoms with Crippen LogP contribution in [0.25, 0.3) is 0 Å². The van der Waals surface area contributed by atoms with Crippen LogP contribution in [0.4, 0.5) is 0 Å². The lowest BCUT2D eigenvalue weighted by Crippen LogP contribution is -2.39. The Balaban J connectivity index is 1.75. The van der Waals surface area contributed by atoms with Gasteiger partial charge in [-0.1, -0.05) is 24.3 Å². The second kappa shape index (κ2) is 9.42. The summed E-state index contributed by atoms with van der Waals surface area (Å²) in [5.41, 5.74) is 7.65. The van der Waals surface area contributed by atoms with E-state index in [1.807, 2.05) is 4.90 Å². The molecule has 1 aliphatic rings. The number of primary amides is 1. The van der Waals surface area contributed by atoms with Gasteiger partial charge in [-0.25, -0.2) is 0 Å². The standard InChI is InChI=1S/C19H28N2O3/c1-24-13-10-19(23)21-11-8-17(9-12-21)14-16-4-2-15(3-5-16)6-7-18(20)22/h2-5,17H,6-14H2,1H3,(H2,20,22). The molecule has 1 saturated heterocycles. The van der Waals surface area contributed by atoms with Crippen LogP contribution in [0, 0.1) is 5.92 Å². The van der Waals surface area contributed by atoms with Gasteiger partial charge in [0.2, 0.25) is 11.8 Å². The molecule has 0 unspecified atom stereocenters. The minimum atomic E-state index is -0.258. The summed E-state index contributed by atoms with van der Waals surface area (Å²) in [6.07, 6.45) is 4.75. The van der Waals surface area contributed by atoms with Crippen LogP contribution in [0.15, 0.2) is 24.3 Å². The molecule has 2 rings (SSSR count). The van der Waals surface area contributed by atoms with Crippen molar-refractivity contribution < 1.29 is 14.3 Å². The van der Waals surface area contributed by atoms with Crippen LogP contribution in [-0.2, 0) is 27.2 Å². The molecule has 2 amide bonds. The monoisotopic (exact) mass is 332 g/mol. The van der Waals surface area contributed by atoms with E-state index in [4.69, 9.17) is 10.5 Å². The summed E-state index contributed by atoms with van der Waals surface area (Å²) in [6, 6.07) is 8.46. The predicted molar refractivity (Wildman–Crippen MR) is 93.5 cm³/mol. The largest absolute Gasteiger partial charge is 0.384 e. The van der Waals surface area contributed by atoms with Gasteiger partial charge < -0.3 is 15.4 Å². The van der Waals surface area contributed by atoms with Crippen LogP contribution in [-0.4, -0.2) is 43.5 Å². The molecule has 1 heterocycles. The molecular weight excluding hydrogens is 304 g/mol. The minimum absolute atomic E-state index is 0.203. The average Bonchev–Trinajstić information content (AvgIpc) is 2.59. The number of amides is 2. The maximum atomic E-state index is 12.0. The van der Waals surface area contributed by atoms with Gasteiger partial charge in [-0.05, 0) is 42.7 Å². The third-order valence-corrected chi connectivity index (χ3v) is 4.69. The molecule has 0 aromatic heterocycles. The van der Waals surface area contributed by atoms with E-state index in [0.29, 0.717) is 31.8 Å². The highest BCUT2D eigenvalue weighted by Gasteiger charge is 2.22. The summed E-state index contributed by atoms with van der Waals surface area (Å²) >= 11 is 0. The van der Waals surface area contributed by atoms with Gasteiger partial charge >= 0.3 is 0 Å². The molecule has 0 spiro atoms. The van der Waals surface area contributed by atoms with E-state index >= 15 is 0 Å². The molecule has 1 aromatic carbocycles. The van der Waals surface area contributed by atoms with Gasteiger partial charge in [-0.3, -0.25) is 9.59 Å². The first kappa shape index (κ1) is 18.5. The molecule has 2 N–H and O–H groups in total. The van der Waals surface area contributed by atoms with Crippen molar-refractivity contribution in [3.05, 3.63) is 35.4 Å². The number of carbonyl (C=O) groups excluding carboxylic acids is 2. The number of likely N-dealkylation sites (tertiary alicyclic amines) is 1. The Kier molecular flexibility index (Phi) is 7.25. The first-order valence-electron chi connectivity index (χ1n) is 8.71. The second-order valence-electron chi connectivity index (χ2n) is 6.55. The fourth-order valence-electron chi connectivity index (χ4n) is 3.18. The van der Waals surface area contributed by atoms with Crippen LogP contribution in [0.5, 0.6) is 0 Å². The van der Waals surface area contributed by atoms with Crippen LogP contribution in [0.1, 0.15) is 36.8 Å². The molecular formula is C19H28N2O3. The highest BCUT2D eigenvalue weighted by molar-refractivity contribution is 5.76. The van der Waals surface area contributed by atoms with Crippen molar-refractivity contribution in [2.24, 2.45) is 11.7 Å². The predicted octanol–water partition coefficient (Wildman–Crippen LogP) is 1.92. The summed E-state index contributed by atoms with van der Waals surface area (Å²) in [7, 11) is 1.62.